The molecule has 0 amide bonds. The first-order valence-corrected chi connectivity index (χ1v) is 6.71. The molecule has 1 N–H and O–H groups in total. The molecule has 0 fully saturated rings. The summed E-state index contributed by atoms with van der Waals surface area (Å²) in [6, 6.07) is 0. The normalized spacial score (nSPS) is 11.1. The lowest BCUT2D eigenvalue weighted by Crippen LogP contribution is -2.20. The molecule has 0 aromatic carbocycles. The number of unbranched alkanes of at least 4 members (excludes halogenated alkanes) is 1. The molecule has 0 aromatic heterocycles. The van der Waals surface area contributed by atoms with Crippen LogP contribution < -0.4 is 5.32 Å². The van der Waals surface area contributed by atoms with E-state index in [4.69, 9.17) is 0 Å². The van der Waals surface area contributed by atoms with Crippen LogP contribution in [0, 0.1) is 5.92 Å². The van der Waals surface area contributed by atoms with Gasteiger partial charge in [0.05, 0.1) is 0 Å². The van der Waals surface area contributed by atoms with E-state index in [1.807, 2.05) is 0 Å². The summed E-state index contributed by atoms with van der Waals surface area (Å²) in [5, 5.41) is 3.47. The zero-order chi connectivity index (χ0) is 9.94. The standard InChI is InChI=1S/C11H25NS/c1-4-8-13-9-6-5-7-12-10-11(2)3/h11-12H,4-10H2,1-3H3. The van der Waals surface area contributed by atoms with E-state index < -0.39 is 0 Å². The van der Waals surface area contributed by atoms with Crippen molar-refractivity contribution >= 4 is 11.8 Å². The molecule has 0 saturated heterocycles. The van der Waals surface area contributed by atoms with Gasteiger partial charge in [-0.3, -0.25) is 0 Å². The number of nitrogens with one attached hydrogen (secondary N) is 1. The summed E-state index contributed by atoms with van der Waals surface area (Å²) in [5.41, 5.74) is 0. The van der Waals surface area contributed by atoms with E-state index in [2.05, 4.69) is 37.8 Å². The third kappa shape index (κ3) is 12.3. The number of rotatable bonds is 9. The molecule has 0 bridgehead atoms. The van der Waals surface area contributed by atoms with Gasteiger partial charge in [-0.2, -0.15) is 11.8 Å². The zero-order valence-electron chi connectivity index (χ0n) is 9.44. The van der Waals surface area contributed by atoms with Crippen molar-refractivity contribution in [2.24, 2.45) is 5.92 Å². The Morgan fingerprint density at radius 3 is 2.54 bits per heavy atom. The van der Waals surface area contributed by atoms with Gasteiger partial charge in [-0.25, -0.2) is 0 Å². The molecule has 2 heteroatoms. The maximum Gasteiger partial charge on any atom is -0.00258 e. The van der Waals surface area contributed by atoms with Crippen molar-refractivity contribution in [1.29, 1.82) is 0 Å². The highest BCUT2D eigenvalue weighted by Gasteiger charge is 1.92. The maximum absolute atomic E-state index is 3.47. The first-order valence-electron chi connectivity index (χ1n) is 5.55. The summed E-state index contributed by atoms with van der Waals surface area (Å²) >= 11 is 2.09. The lowest BCUT2D eigenvalue weighted by Gasteiger charge is -2.06. The monoisotopic (exact) mass is 203 g/mol. The van der Waals surface area contributed by atoms with E-state index in [1.165, 1.54) is 43.9 Å². The van der Waals surface area contributed by atoms with E-state index in [-0.39, 0.29) is 0 Å². The van der Waals surface area contributed by atoms with Crippen molar-refractivity contribution in [3.05, 3.63) is 0 Å². The van der Waals surface area contributed by atoms with Gasteiger partial charge < -0.3 is 5.32 Å². The molecule has 1 nitrogen and oxygen atoms in total. The van der Waals surface area contributed by atoms with Crippen LogP contribution in [0.3, 0.4) is 0 Å². The molecule has 0 aliphatic carbocycles. The summed E-state index contributed by atoms with van der Waals surface area (Å²) in [6.45, 7) is 9.12. The van der Waals surface area contributed by atoms with Crippen LogP contribution in [0.5, 0.6) is 0 Å². The molecule has 0 heterocycles. The molecule has 0 aromatic rings. The maximum atomic E-state index is 3.47. The van der Waals surface area contributed by atoms with E-state index in [1.54, 1.807) is 0 Å². The second kappa shape index (κ2) is 10.4. The minimum absolute atomic E-state index is 0.787. The van der Waals surface area contributed by atoms with Gasteiger partial charge in [0.1, 0.15) is 0 Å². The fourth-order valence-corrected chi connectivity index (χ4v) is 1.99. The Balaban J connectivity index is 2.84. The summed E-state index contributed by atoms with van der Waals surface area (Å²) in [5.74, 6) is 3.46. The Kier molecular flexibility index (Phi) is 10.6. The SMILES string of the molecule is CCCSCCCCNCC(C)C. The predicted octanol–water partition coefficient (Wildman–Crippen LogP) is 3.16. The van der Waals surface area contributed by atoms with Gasteiger partial charge in [0.2, 0.25) is 0 Å². The molecular weight excluding hydrogens is 178 g/mol. The molecule has 0 aliphatic heterocycles. The fraction of sp³-hybridized carbons (Fsp3) is 1.00. The third-order valence-electron chi connectivity index (χ3n) is 1.79. The van der Waals surface area contributed by atoms with Gasteiger partial charge in [0.15, 0.2) is 0 Å². The lowest BCUT2D eigenvalue weighted by atomic mass is 10.2. The lowest BCUT2D eigenvalue weighted by molar-refractivity contribution is 0.541. The minimum atomic E-state index is 0.787. The van der Waals surface area contributed by atoms with Gasteiger partial charge in [-0.15, -0.1) is 0 Å². The van der Waals surface area contributed by atoms with Crippen LogP contribution in [-0.4, -0.2) is 24.6 Å². The smallest absolute Gasteiger partial charge is 0.00258 e. The molecule has 80 valence electrons. The molecule has 0 aliphatic rings. The third-order valence-corrected chi connectivity index (χ3v) is 3.07. The molecule has 0 spiro atoms. The van der Waals surface area contributed by atoms with Crippen LogP contribution in [0.2, 0.25) is 0 Å². The highest BCUT2D eigenvalue weighted by Crippen LogP contribution is 2.05. The van der Waals surface area contributed by atoms with Gasteiger partial charge in [0.25, 0.3) is 0 Å². The first kappa shape index (κ1) is 13.3. The Labute approximate surface area is 88.1 Å². The highest BCUT2D eigenvalue weighted by atomic mass is 32.2. The van der Waals surface area contributed by atoms with Crippen LogP contribution in [0.25, 0.3) is 0 Å². The highest BCUT2D eigenvalue weighted by molar-refractivity contribution is 7.99. The molecule has 0 saturated carbocycles. The van der Waals surface area contributed by atoms with Gasteiger partial charge in [0, 0.05) is 0 Å². The first-order chi connectivity index (χ1) is 6.27. The van der Waals surface area contributed by atoms with Crippen LogP contribution in [0.15, 0.2) is 0 Å². The summed E-state index contributed by atoms with van der Waals surface area (Å²) in [7, 11) is 0. The molecule has 13 heavy (non-hydrogen) atoms. The molecule has 0 radical (unpaired) electrons. The topological polar surface area (TPSA) is 12.0 Å². The summed E-state index contributed by atoms with van der Waals surface area (Å²) in [6.07, 6.45) is 4.02. The molecule has 0 unspecified atom stereocenters. The summed E-state index contributed by atoms with van der Waals surface area (Å²) in [4.78, 5) is 0. The van der Waals surface area contributed by atoms with Gasteiger partial charge in [-0.05, 0) is 49.8 Å². The van der Waals surface area contributed by atoms with E-state index in [9.17, 15) is 0 Å². The van der Waals surface area contributed by atoms with Crippen LogP contribution >= 0.6 is 11.8 Å². The quantitative estimate of drug-likeness (QED) is 0.578. The van der Waals surface area contributed by atoms with Crippen molar-refractivity contribution in [2.75, 3.05) is 24.6 Å². The van der Waals surface area contributed by atoms with Crippen molar-refractivity contribution in [3.63, 3.8) is 0 Å². The summed E-state index contributed by atoms with van der Waals surface area (Å²) < 4.78 is 0. The average Bonchev–Trinajstić information content (AvgIpc) is 2.09. The predicted molar refractivity (Wildman–Crippen MR) is 64.6 cm³/mol. The Morgan fingerprint density at radius 2 is 1.92 bits per heavy atom. The average molecular weight is 203 g/mol. The van der Waals surface area contributed by atoms with E-state index >= 15 is 0 Å². The van der Waals surface area contributed by atoms with Crippen molar-refractivity contribution < 1.29 is 0 Å². The van der Waals surface area contributed by atoms with E-state index in [0.29, 0.717) is 0 Å². The Hall–Kier alpha value is 0.310. The Morgan fingerprint density at radius 1 is 1.15 bits per heavy atom. The van der Waals surface area contributed by atoms with Crippen molar-refractivity contribution in [3.8, 4) is 0 Å². The number of hydrogen-bond donors (Lipinski definition) is 1. The molecular formula is C11H25NS. The van der Waals surface area contributed by atoms with Gasteiger partial charge in [-0.1, -0.05) is 20.8 Å². The fourth-order valence-electron chi connectivity index (χ4n) is 1.09. The van der Waals surface area contributed by atoms with Crippen molar-refractivity contribution in [2.45, 2.75) is 40.0 Å². The molecule has 0 rings (SSSR count). The van der Waals surface area contributed by atoms with Crippen LogP contribution in [0.4, 0.5) is 0 Å². The number of hydrogen-bond acceptors (Lipinski definition) is 2. The van der Waals surface area contributed by atoms with Crippen LogP contribution in [0.1, 0.15) is 40.0 Å². The largest absolute Gasteiger partial charge is 0.316 e. The second-order valence-corrected chi connectivity index (χ2v) is 5.14. The Bertz CT molecular complexity index is 94.1. The molecule has 0 atom stereocenters. The zero-order valence-corrected chi connectivity index (χ0v) is 10.3. The van der Waals surface area contributed by atoms with Crippen LogP contribution in [-0.2, 0) is 0 Å². The van der Waals surface area contributed by atoms with Gasteiger partial charge >= 0.3 is 0 Å². The van der Waals surface area contributed by atoms with E-state index in [0.717, 1.165) is 5.92 Å². The minimum Gasteiger partial charge on any atom is -0.316 e. The second-order valence-electron chi connectivity index (χ2n) is 3.92. The number of thioether (sulfide) groups is 1. The van der Waals surface area contributed by atoms with Crippen molar-refractivity contribution in [1.82, 2.24) is 5.32 Å².